The van der Waals surface area contributed by atoms with E-state index in [9.17, 15) is 9.59 Å². The van der Waals surface area contributed by atoms with Gasteiger partial charge in [-0.05, 0) is 42.2 Å². The number of amides is 1. The summed E-state index contributed by atoms with van der Waals surface area (Å²) in [5, 5.41) is 6.85. The third kappa shape index (κ3) is 5.11. The molecule has 0 saturated heterocycles. The monoisotopic (exact) mass is 407 g/mol. The maximum atomic E-state index is 12.3. The number of rotatable bonds is 7. The van der Waals surface area contributed by atoms with Gasteiger partial charge < -0.3 is 14.6 Å². The molecule has 7 heteroatoms. The van der Waals surface area contributed by atoms with E-state index < -0.39 is 5.97 Å². The molecule has 0 aliphatic carbocycles. The van der Waals surface area contributed by atoms with Gasteiger partial charge >= 0.3 is 5.97 Å². The first-order chi connectivity index (χ1) is 14.4. The molecular formula is C23H25N3O4. The highest BCUT2D eigenvalue weighted by molar-refractivity contribution is 5.94. The summed E-state index contributed by atoms with van der Waals surface area (Å²) in [6.07, 6.45) is 0.536. The van der Waals surface area contributed by atoms with Crippen molar-refractivity contribution in [3.05, 3.63) is 65.0 Å². The minimum atomic E-state index is -0.415. The number of nitrogens with zero attached hydrogens (tertiary/aromatic N) is 2. The lowest BCUT2D eigenvalue weighted by Crippen LogP contribution is -2.13. The van der Waals surface area contributed by atoms with Crippen LogP contribution >= 0.6 is 0 Å². The van der Waals surface area contributed by atoms with Gasteiger partial charge in [0.2, 0.25) is 17.6 Å². The van der Waals surface area contributed by atoms with Gasteiger partial charge in [-0.1, -0.05) is 43.3 Å². The number of carbonyl (C=O) groups excluding carboxylic acids is 2. The standard InChI is InChI=1S/C23H25N3O4/c1-14(2)16-5-7-17(8-6-16)22-25-21(30-26-22)12-11-20(27)24-19-10-9-18(13-15(19)3)23(28)29-4/h5-10,13-14H,11-12H2,1-4H3,(H,24,27). The van der Waals surface area contributed by atoms with Crippen molar-refractivity contribution in [2.45, 2.75) is 39.5 Å². The van der Waals surface area contributed by atoms with Crippen molar-refractivity contribution >= 4 is 17.6 Å². The fraction of sp³-hybridized carbons (Fsp3) is 0.304. The second-order valence-corrected chi connectivity index (χ2v) is 7.36. The number of ether oxygens (including phenoxy) is 1. The number of nitrogens with one attached hydrogen (secondary N) is 1. The van der Waals surface area contributed by atoms with E-state index in [0.29, 0.717) is 35.3 Å². The van der Waals surface area contributed by atoms with Crippen molar-refractivity contribution in [2.24, 2.45) is 0 Å². The molecule has 0 spiro atoms. The van der Waals surface area contributed by atoms with E-state index in [1.807, 2.05) is 19.1 Å². The van der Waals surface area contributed by atoms with Crippen LogP contribution in [0.5, 0.6) is 0 Å². The summed E-state index contributed by atoms with van der Waals surface area (Å²) in [5.74, 6) is 0.784. The Bertz CT molecular complexity index is 1040. The molecule has 0 fully saturated rings. The van der Waals surface area contributed by atoms with E-state index in [1.54, 1.807) is 18.2 Å². The summed E-state index contributed by atoms with van der Waals surface area (Å²) in [5.41, 5.74) is 3.97. The molecule has 0 atom stereocenters. The van der Waals surface area contributed by atoms with Crippen LogP contribution in [0.15, 0.2) is 47.0 Å². The fourth-order valence-electron chi connectivity index (χ4n) is 2.97. The zero-order chi connectivity index (χ0) is 21.7. The Hall–Kier alpha value is -3.48. The summed E-state index contributed by atoms with van der Waals surface area (Å²) >= 11 is 0. The van der Waals surface area contributed by atoms with E-state index in [4.69, 9.17) is 9.26 Å². The van der Waals surface area contributed by atoms with Gasteiger partial charge in [0, 0.05) is 24.1 Å². The van der Waals surface area contributed by atoms with Crippen LogP contribution in [-0.4, -0.2) is 29.1 Å². The van der Waals surface area contributed by atoms with Gasteiger partial charge in [-0.3, -0.25) is 4.79 Å². The number of aromatic nitrogens is 2. The molecule has 3 rings (SSSR count). The topological polar surface area (TPSA) is 94.3 Å². The van der Waals surface area contributed by atoms with Crippen LogP contribution in [0.25, 0.3) is 11.4 Å². The van der Waals surface area contributed by atoms with Gasteiger partial charge in [0.15, 0.2) is 0 Å². The van der Waals surface area contributed by atoms with Crippen LogP contribution in [0.2, 0.25) is 0 Å². The fourth-order valence-corrected chi connectivity index (χ4v) is 2.97. The molecule has 3 aromatic rings. The molecule has 7 nitrogen and oxygen atoms in total. The van der Waals surface area contributed by atoms with Crippen LogP contribution < -0.4 is 5.32 Å². The Balaban J connectivity index is 1.57. The van der Waals surface area contributed by atoms with E-state index in [2.05, 4.69) is 41.4 Å². The molecule has 1 N–H and O–H groups in total. The molecule has 0 bridgehead atoms. The highest BCUT2D eigenvalue weighted by atomic mass is 16.5. The van der Waals surface area contributed by atoms with Crippen molar-refractivity contribution in [1.82, 2.24) is 10.1 Å². The number of esters is 1. The van der Waals surface area contributed by atoms with E-state index in [1.165, 1.54) is 12.7 Å². The molecule has 0 radical (unpaired) electrons. The van der Waals surface area contributed by atoms with Gasteiger partial charge in [-0.25, -0.2) is 4.79 Å². The molecule has 0 unspecified atom stereocenters. The van der Waals surface area contributed by atoms with Crippen LogP contribution in [0, 0.1) is 6.92 Å². The smallest absolute Gasteiger partial charge is 0.337 e. The van der Waals surface area contributed by atoms with Crippen LogP contribution in [-0.2, 0) is 16.0 Å². The first kappa shape index (κ1) is 21.2. The molecular weight excluding hydrogens is 382 g/mol. The Morgan fingerprint density at radius 2 is 1.87 bits per heavy atom. The van der Waals surface area contributed by atoms with E-state index in [-0.39, 0.29) is 12.3 Å². The molecule has 1 aromatic heterocycles. The van der Waals surface area contributed by atoms with Gasteiger partial charge in [0.05, 0.1) is 12.7 Å². The van der Waals surface area contributed by atoms with Gasteiger partial charge in [-0.15, -0.1) is 0 Å². The largest absolute Gasteiger partial charge is 0.465 e. The minimum Gasteiger partial charge on any atom is -0.465 e. The second-order valence-electron chi connectivity index (χ2n) is 7.36. The van der Waals surface area contributed by atoms with Crippen molar-refractivity contribution in [3.63, 3.8) is 0 Å². The van der Waals surface area contributed by atoms with Gasteiger partial charge in [0.25, 0.3) is 0 Å². The molecule has 1 amide bonds. The second kappa shape index (κ2) is 9.35. The van der Waals surface area contributed by atoms with Gasteiger partial charge in [-0.2, -0.15) is 4.98 Å². The zero-order valence-corrected chi connectivity index (χ0v) is 17.6. The Morgan fingerprint density at radius 1 is 1.13 bits per heavy atom. The van der Waals surface area contributed by atoms with Crippen molar-refractivity contribution in [2.75, 3.05) is 12.4 Å². The molecule has 156 valence electrons. The quantitative estimate of drug-likeness (QED) is 0.579. The van der Waals surface area contributed by atoms with Crippen LogP contribution in [0.1, 0.15) is 53.6 Å². The molecule has 0 saturated carbocycles. The number of hydrogen-bond acceptors (Lipinski definition) is 6. The Morgan fingerprint density at radius 3 is 2.50 bits per heavy atom. The lowest BCUT2D eigenvalue weighted by molar-refractivity contribution is -0.116. The third-order valence-corrected chi connectivity index (χ3v) is 4.79. The summed E-state index contributed by atoms with van der Waals surface area (Å²) in [6.45, 7) is 6.10. The predicted molar refractivity (Wildman–Crippen MR) is 113 cm³/mol. The summed E-state index contributed by atoms with van der Waals surface area (Å²) < 4.78 is 9.98. The molecule has 0 aliphatic rings. The number of aryl methyl sites for hydroxylation is 2. The third-order valence-electron chi connectivity index (χ3n) is 4.79. The Labute approximate surface area is 175 Å². The van der Waals surface area contributed by atoms with E-state index >= 15 is 0 Å². The molecule has 1 heterocycles. The first-order valence-corrected chi connectivity index (χ1v) is 9.79. The predicted octanol–water partition coefficient (Wildman–Crippen LogP) is 4.53. The maximum absolute atomic E-state index is 12.3. The zero-order valence-electron chi connectivity index (χ0n) is 17.6. The van der Waals surface area contributed by atoms with Crippen molar-refractivity contribution in [3.8, 4) is 11.4 Å². The minimum absolute atomic E-state index is 0.176. The Kier molecular flexibility index (Phi) is 6.61. The van der Waals surface area contributed by atoms with Crippen LogP contribution in [0.4, 0.5) is 5.69 Å². The number of carbonyl (C=O) groups is 2. The molecule has 0 aliphatic heterocycles. The average molecular weight is 407 g/mol. The summed E-state index contributed by atoms with van der Waals surface area (Å²) in [6, 6.07) is 13.0. The first-order valence-electron chi connectivity index (χ1n) is 9.79. The number of benzene rings is 2. The van der Waals surface area contributed by atoms with Crippen LogP contribution in [0.3, 0.4) is 0 Å². The SMILES string of the molecule is COC(=O)c1ccc(NC(=O)CCc2nc(-c3ccc(C(C)C)cc3)no2)c(C)c1. The average Bonchev–Trinajstić information content (AvgIpc) is 3.22. The summed E-state index contributed by atoms with van der Waals surface area (Å²) in [4.78, 5) is 28.3. The maximum Gasteiger partial charge on any atom is 0.337 e. The van der Waals surface area contributed by atoms with E-state index in [0.717, 1.165) is 11.1 Å². The number of methoxy groups -OCH3 is 1. The lowest BCUT2D eigenvalue weighted by Gasteiger charge is -2.09. The van der Waals surface area contributed by atoms with Crippen molar-refractivity contribution in [1.29, 1.82) is 0 Å². The molecule has 30 heavy (non-hydrogen) atoms. The van der Waals surface area contributed by atoms with Crippen molar-refractivity contribution < 1.29 is 18.8 Å². The highest BCUT2D eigenvalue weighted by Crippen LogP contribution is 2.21. The number of hydrogen-bond donors (Lipinski definition) is 1. The lowest BCUT2D eigenvalue weighted by atomic mass is 10.0. The summed E-state index contributed by atoms with van der Waals surface area (Å²) in [7, 11) is 1.33. The highest BCUT2D eigenvalue weighted by Gasteiger charge is 2.13. The number of anilines is 1. The normalized spacial score (nSPS) is 10.8. The molecule has 2 aromatic carbocycles. The van der Waals surface area contributed by atoms with Gasteiger partial charge in [0.1, 0.15) is 0 Å².